The molecule has 2 aromatic rings. The summed E-state index contributed by atoms with van der Waals surface area (Å²) in [6, 6.07) is 10.7. The van der Waals surface area contributed by atoms with E-state index in [-0.39, 0.29) is 11.9 Å². The molecule has 1 aromatic heterocycles. The van der Waals surface area contributed by atoms with Crippen LogP contribution in [0.4, 0.5) is 0 Å². The van der Waals surface area contributed by atoms with Gasteiger partial charge in [0.15, 0.2) is 0 Å². The molecule has 1 atom stereocenters. The number of piperazine rings is 1. The first-order chi connectivity index (χ1) is 11.7. The maximum Gasteiger partial charge on any atom is 0.273 e. The van der Waals surface area contributed by atoms with E-state index >= 15 is 0 Å². The molecule has 1 saturated heterocycles. The second-order valence-electron chi connectivity index (χ2n) is 6.23. The molecule has 128 valence electrons. The van der Waals surface area contributed by atoms with Gasteiger partial charge in [-0.2, -0.15) is 0 Å². The van der Waals surface area contributed by atoms with Gasteiger partial charge in [0.05, 0.1) is 5.01 Å². The lowest BCUT2D eigenvalue weighted by molar-refractivity contribution is 0.0470. The average molecular weight is 344 g/mol. The molecule has 6 heteroatoms. The standard InChI is InChI=1S/C18H24N4OS/c1-14-11-21(12-15-5-3-2-4-6-15)9-10-22(14)18(23)16-13-24-17(20-16)7-8-19/h2-6,13-14H,7-12,19H2,1H3. The van der Waals surface area contributed by atoms with E-state index in [1.165, 1.54) is 16.9 Å². The smallest absolute Gasteiger partial charge is 0.273 e. The summed E-state index contributed by atoms with van der Waals surface area (Å²) < 4.78 is 0. The molecule has 0 aliphatic carbocycles. The molecular weight excluding hydrogens is 320 g/mol. The number of nitrogens with zero attached hydrogens (tertiary/aromatic N) is 3. The molecule has 1 aromatic carbocycles. The highest BCUT2D eigenvalue weighted by Gasteiger charge is 2.29. The number of benzene rings is 1. The van der Waals surface area contributed by atoms with Gasteiger partial charge in [-0.05, 0) is 19.0 Å². The molecule has 24 heavy (non-hydrogen) atoms. The Morgan fingerprint density at radius 2 is 2.12 bits per heavy atom. The number of hydrogen-bond acceptors (Lipinski definition) is 5. The van der Waals surface area contributed by atoms with Gasteiger partial charge in [0.2, 0.25) is 0 Å². The van der Waals surface area contributed by atoms with Crippen LogP contribution in [0, 0.1) is 0 Å². The molecule has 1 amide bonds. The lowest BCUT2D eigenvalue weighted by Crippen LogP contribution is -2.53. The van der Waals surface area contributed by atoms with Crippen LogP contribution in [0.1, 0.15) is 28.0 Å². The lowest BCUT2D eigenvalue weighted by Gasteiger charge is -2.39. The molecule has 1 fully saturated rings. The third-order valence-corrected chi connectivity index (χ3v) is 5.26. The summed E-state index contributed by atoms with van der Waals surface area (Å²) in [5, 5.41) is 2.80. The van der Waals surface area contributed by atoms with Crippen molar-refractivity contribution in [2.45, 2.75) is 25.9 Å². The van der Waals surface area contributed by atoms with Crippen LogP contribution in [-0.4, -0.2) is 52.9 Å². The molecule has 3 rings (SSSR count). The van der Waals surface area contributed by atoms with Crippen molar-refractivity contribution in [3.8, 4) is 0 Å². The molecule has 0 spiro atoms. The first-order valence-electron chi connectivity index (χ1n) is 8.39. The highest BCUT2D eigenvalue weighted by atomic mass is 32.1. The Morgan fingerprint density at radius 1 is 1.33 bits per heavy atom. The Bertz CT molecular complexity index is 673. The fraction of sp³-hybridized carbons (Fsp3) is 0.444. The largest absolute Gasteiger partial charge is 0.332 e. The van der Waals surface area contributed by atoms with Gasteiger partial charge in [-0.1, -0.05) is 30.3 Å². The molecule has 0 bridgehead atoms. The van der Waals surface area contributed by atoms with E-state index in [9.17, 15) is 4.79 Å². The van der Waals surface area contributed by atoms with E-state index in [1.807, 2.05) is 16.3 Å². The van der Waals surface area contributed by atoms with Gasteiger partial charge in [0, 0.05) is 44.0 Å². The van der Waals surface area contributed by atoms with Crippen molar-refractivity contribution in [3.63, 3.8) is 0 Å². The van der Waals surface area contributed by atoms with Crippen LogP contribution in [0.2, 0.25) is 0 Å². The molecule has 0 saturated carbocycles. The van der Waals surface area contributed by atoms with Crippen LogP contribution in [-0.2, 0) is 13.0 Å². The van der Waals surface area contributed by atoms with Crippen molar-refractivity contribution in [3.05, 3.63) is 52.0 Å². The quantitative estimate of drug-likeness (QED) is 0.901. The summed E-state index contributed by atoms with van der Waals surface area (Å²) in [4.78, 5) is 21.5. The van der Waals surface area contributed by atoms with Gasteiger partial charge in [-0.15, -0.1) is 11.3 Å². The van der Waals surface area contributed by atoms with Gasteiger partial charge in [0.25, 0.3) is 5.91 Å². The predicted octanol–water partition coefficient (Wildman–Crippen LogP) is 1.99. The molecule has 1 unspecified atom stereocenters. The normalized spacial score (nSPS) is 18.8. The third-order valence-electron chi connectivity index (χ3n) is 4.35. The Balaban J connectivity index is 1.59. The first-order valence-corrected chi connectivity index (χ1v) is 9.27. The minimum atomic E-state index is 0.0429. The Hall–Kier alpha value is -1.76. The monoisotopic (exact) mass is 344 g/mol. The summed E-state index contributed by atoms with van der Waals surface area (Å²) in [5.74, 6) is 0.0429. The Morgan fingerprint density at radius 3 is 2.83 bits per heavy atom. The number of aromatic nitrogens is 1. The van der Waals surface area contributed by atoms with E-state index in [2.05, 4.69) is 41.1 Å². The number of carbonyl (C=O) groups is 1. The molecule has 1 aliphatic heterocycles. The van der Waals surface area contributed by atoms with E-state index in [0.29, 0.717) is 12.2 Å². The fourth-order valence-corrected chi connectivity index (χ4v) is 3.90. The van der Waals surface area contributed by atoms with Crippen LogP contribution in [0.3, 0.4) is 0 Å². The number of nitrogens with two attached hydrogens (primary N) is 1. The number of hydrogen-bond donors (Lipinski definition) is 1. The second-order valence-corrected chi connectivity index (χ2v) is 7.18. The summed E-state index contributed by atoms with van der Waals surface area (Å²) in [7, 11) is 0. The summed E-state index contributed by atoms with van der Waals surface area (Å²) in [6.07, 6.45) is 0.734. The zero-order chi connectivity index (χ0) is 16.9. The van der Waals surface area contributed by atoms with Crippen LogP contribution in [0.15, 0.2) is 35.7 Å². The summed E-state index contributed by atoms with van der Waals surface area (Å²) in [5.41, 5.74) is 7.43. The second kappa shape index (κ2) is 7.88. The van der Waals surface area contributed by atoms with E-state index < -0.39 is 0 Å². The SMILES string of the molecule is CC1CN(Cc2ccccc2)CCN1C(=O)c1csc(CCN)n1. The maximum atomic E-state index is 12.7. The number of thiazole rings is 1. The van der Waals surface area contributed by atoms with Crippen LogP contribution >= 0.6 is 11.3 Å². The molecular formula is C18H24N4OS. The van der Waals surface area contributed by atoms with Crippen LogP contribution in [0.25, 0.3) is 0 Å². The van der Waals surface area contributed by atoms with E-state index in [1.54, 1.807) is 0 Å². The van der Waals surface area contributed by atoms with Gasteiger partial charge in [-0.25, -0.2) is 4.98 Å². The molecule has 5 nitrogen and oxygen atoms in total. The van der Waals surface area contributed by atoms with Gasteiger partial charge in [0.1, 0.15) is 5.69 Å². The van der Waals surface area contributed by atoms with Crippen molar-refractivity contribution in [2.24, 2.45) is 5.73 Å². The maximum absolute atomic E-state index is 12.7. The van der Waals surface area contributed by atoms with Crippen molar-refractivity contribution in [1.29, 1.82) is 0 Å². The summed E-state index contributed by atoms with van der Waals surface area (Å²) >= 11 is 1.52. The number of carbonyl (C=O) groups excluding carboxylic acids is 1. The Labute approximate surface area is 147 Å². The zero-order valence-corrected chi connectivity index (χ0v) is 14.8. The van der Waals surface area contributed by atoms with Crippen molar-refractivity contribution >= 4 is 17.2 Å². The zero-order valence-electron chi connectivity index (χ0n) is 14.0. The lowest BCUT2D eigenvalue weighted by atomic mass is 10.1. The van der Waals surface area contributed by atoms with Crippen molar-refractivity contribution in [2.75, 3.05) is 26.2 Å². The topological polar surface area (TPSA) is 62.5 Å². The van der Waals surface area contributed by atoms with E-state index in [4.69, 9.17) is 5.73 Å². The third kappa shape index (κ3) is 4.01. The van der Waals surface area contributed by atoms with E-state index in [0.717, 1.165) is 37.6 Å². The van der Waals surface area contributed by atoms with Crippen LogP contribution in [0.5, 0.6) is 0 Å². The fourth-order valence-electron chi connectivity index (χ4n) is 3.11. The first kappa shape index (κ1) is 17.1. The van der Waals surface area contributed by atoms with Crippen molar-refractivity contribution < 1.29 is 4.79 Å². The summed E-state index contributed by atoms with van der Waals surface area (Å²) in [6.45, 7) is 6.14. The molecule has 0 radical (unpaired) electrons. The predicted molar refractivity (Wildman–Crippen MR) is 97.1 cm³/mol. The number of rotatable bonds is 5. The minimum absolute atomic E-state index is 0.0429. The van der Waals surface area contributed by atoms with Gasteiger partial charge >= 0.3 is 0 Å². The molecule has 2 heterocycles. The van der Waals surface area contributed by atoms with Crippen molar-refractivity contribution in [1.82, 2.24) is 14.8 Å². The number of amides is 1. The minimum Gasteiger partial charge on any atom is -0.332 e. The molecule has 2 N–H and O–H groups in total. The van der Waals surface area contributed by atoms with Gasteiger partial charge < -0.3 is 10.6 Å². The Kier molecular flexibility index (Phi) is 5.60. The van der Waals surface area contributed by atoms with Crippen LogP contribution < -0.4 is 5.73 Å². The average Bonchev–Trinajstić information content (AvgIpc) is 3.04. The molecule has 1 aliphatic rings. The highest BCUT2D eigenvalue weighted by Crippen LogP contribution is 2.18. The highest BCUT2D eigenvalue weighted by molar-refractivity contribution is 7.09. The van der Waals surface area contributed by atoms with Gasteiger partial charge in [-0.3, -0.25) is 9.69 Å².